The Morgan fingerprint density at radius 3 is 2.11 bits per heavy atom. The topological polar surface area (TPSA) is 46.3 Å². The smallest absolute Gasteiger partial charge is 0.242 e. The number of halogens is 1. The third kappa shape index (κ3) is 3.39. The van der Waals surface area contributed by atoms with Crippen LogP contribution >= 0.6 is 12.4 Å². The molecule has 2 saturated carbocycles. The van der Waals surface area contributed by atoms with Crippen LogP contribution in [0.5, 0.6) is 0 Å². The van der Waals surface area contributed by atoms with E-state index in [0.29, 0.717) is 6.04 Å². The number of amides is 1. The number of hydrogen-bond donors (Lipinski definition) is 1. The molecule has 4 heteroatoms. The predicted octanol–water partition coefficient (Wildman–Crippen LogP) is 2.86. The van der Waals surface area contributed by atoms with Crippen molar-refractivity contribution in [2.75, 3.05) is 7.05 Å². The summed E-state index contributed by atoms with van der Waals surface area (Å²) < 4.78 is 0. The van der Waals surface area contributed by atoms with Crippen LogP contribution in [0.2, 0.25) is 0 Å². The Morgan fingerprint density at radius 2 is 1.56 bits per heavy atom. The highest BCUT2D eigenvalue weighted by molar-refractivity contribution is 5.86. The zero-order valence-electron chi connectivity index (χ0n) is 11.5. The molecule has 1 amide bonds. The maximum Gasteiger partial charge on any atom is 0.242 e. The fraction of sp³-hybridized carbons (Fsp3) is 0.929. The number of nitrogens with zero attached hydrogens (tertiary/aromatic N) is 1. The SMILES string of the molecule is CN(C(=O)C1(N)CCCCC1)C1CCCCC1.Cl. The maximum absolute atomic E-state index is 12.5. The molecule has 0 aromatic heterocycles. The second-order valence-electron chi connectivity index (χ2n) is 5.92. The van der Waals surface area contributed by atoms with Crippen molar-refractivity contribution in [1.82, 2.24) is 4.90 Å². The van der Waals surface area contributed by atoms with Crippen LogP contribution in [0.15, 0.2) is 0 Å². The van der Waals surface area contributed by atoms with Gasteiger partial charge in [0.15, 0.2) is 0 Å². The molecule has 3 nitrogen and oxygen atoms in total. The van der Waals surface area contributed by atoms with Gasteiger partial charge in [0.2, 0.25) is 5.91 Å². The summed E-state index contributed by atoms with van der Waals surface area (Å²) >= 11 is 0. The molecule has 106 valence electrons. The van der Waals surface area contributed by atoms with Crippen molar-refractivity contribution in [2.45, 2.75) is 75.8 Å². The third-order valence-electron chi connectivity index (χ3n) is 4.61. The summed E-state index contributed by atoms with van der Waals surface area (Å²) in [6.07, 6.45) is 11.4. The fourth-order valence-corrected chi connectivity index (χ4v) is 3.38. The molecule has 2 N–H and O–H groups in total. The van der Waals surface area contributed by atoms with Crippen LogP contribution in [0.25, 0.3) is 0 Å². The van der Waals surface area contributed by atoms with E-state index < -0.39 is 5.54 Å². The summed E-state index contributed by atoms with van der Waals surface area (Å²) in [6, 6.07) is 0.443. The zero-order chi connectivity index (χ0) is 12.3. The van der Waals surface area contributed by atoms with Gasteiger partial charge in [-0.3, -0.25) is 4.79 Å². The number of hydrogen-bond acceptors (Lipinski definition) is 2. The van der Waals surface area contributed by atoms with Crippen LogP contribution in [-0.4, -0.2) is 29.4 Å². The van der Waals surface area contributed by atoms with Crippen molar-refractivity contribution in [2.24, 2.45) is 5.73 Å². The van der Waals surface area contributed by atoms with Gasteiger partial charge in [-0.05, 0) is 25.7 Å². The van der Waals surface area contributed by atoms with Crippen LogP contribution in [-0.2, 0) is 4.79 Å². The van der Waals surface area contributed by atoms with Gasteiger partial charge in [-0.15, -0.1) is 12.4 Å². The number of nitrogens with two attached hydrogens (primary N) is 1. The lowest BCUT2D eigenvalue weighted by molar-refractivity contribution is -0.139. The molecule has 0 unspecified atom stereocenters. The molecule has 2 aliphatic carbocycles. The molecule has 0 aliphatic heterocycles. The quantitative estimate of drug-likeness (QED) is 0.842. The Balaban J connectivity index is 0.00000162. The van der Waals surface area contributed by atoms with Crippen molar-refractivity contribution in [3.63, 3.8) is 0 Å². The molecule has 0 bridgehead atoms. The van der Waals surface area contributed by atoms with E-state index in [1.165, 1.54) is 38.5 Å². The number of carbonyl (C=O) groups is 1. The first-order valence-corrected chi connectivity index (χ1v) is 7.20. The monoisotopic (exact) mass is 274 g/mol. The Hall–Kier alpha value is -0.280. The molecule has 2 fully saturated rings. The van der Waals surface area contributed by atoms with Gasteiger partial charge in [0, 0.05) is 13.1 Å². The predicted molar refractivity (Wildman–Crippen MR) is 76.9 cm³/mol. The largest absolute Gasteiger partial charge is 0.341 e. The van der Waals surface area contributed by atoms with E-state index in [9.17, 15) is 4.79 Å². The molecule has 2 aliphatic rings. The standard InChI is InChI=1S/C14H26N2O.ClH/c1-16(12-8-4-2-5-9-12)13(17)14(15)10-6-3-7-11-14;/h12H,2-11,15H2,1H3;1H. The molecule has 0 heterocycles. The van der Waals surface area contributed by atoms with E-state index in [-0.39, 0.29) is 18.3 Å². The van der Waals surface area contributed by atoms with Crippen molar-refractivity contribution in [1.29, 1.82) is 0 Å². The lowest BCUT2D eigenvalue weighted by Gasteiger charge is -2.39. The molecule has 0 spiro atoms. The molecule has 0 saturated heterocycles. The van der Waals surface area contributed by atoms with Crippen LogP contribution < -0.4 is 5.73 Å². The minimum atomic E-state index is -0.551. The van der Waals surface area contributed by atoms with Gasteiger partial charge in [0.25, 0.3) is 0 Å². The summed E-state index contributed by atoms with van der Waals surface area (Å²) in [7, 11) is 1.96. The number of rotatable bonds is 2. The van der Waals surface area contributed by atoms with Crippen molar-refractivity contribution < 1.29 is 4.79 Å². The summed E-state index contributed by atoms with van der Waals surface area (Å²) in [5, 5.41) is 0. The highest BCUT2D eigenvalue weighted by Gasteiger charge is 2.39. The number of carbonyl (C=O) groups excluding carboxylic acids is 1. The minimum Gasteiger partial charge on any atom is -0.341 e. The summed E-state index contributed by atoms with van der Waals surface area (Å²) in [6.45, 7) is 0. The van der Waals surface area contributed by atoms with Gasteiger partial charge in [0.05, 0.1) is 5.54 Å². The summed E-state index contributed by atoms with van der Waals surface area (Å²) in [5.41, 5.74) is 5.77. The summed E-state index contributed by atoms with van der Waals surface area (Å²) in [4.78, 5) is 14.5. The Kier molecular flexibility index (Phi) is 5.93. The molecule has 0 aromatic rings. The van der Waals surface area contributed by atoms with Gasteiger partial charge in [0.1, 0.15) is 0 Å². The van der Waals surface area contributed by atoms with E-state index in [1.54, 1.807) is 0 Å². The Morgan fingerprint density at radius 1 is 1.06 bits per heavy atom. The van der Waals surface area contributed by atoms with Crippen LogP contribution in [0.1, 0.15) is 64.2 Å². The van der Waals surface area contributed by atoms with E-state index in [0.717, 1.165) is 25.7 Å². The first kappa shape index (κ1) is 15.8. The van der Waals surface area contributed by atoms with Crippen LogP contribution in [0.3, 0.4) is 0 Å². The second kappa shape index (κ2) is 6.76. The van der Waals surface area contributed by atoms with Crippen molar-refractivity contribution in [3.05, 3.63) is 0 Å². The molecular formula is C14H27ClN2O. The Bertz CT molecular complexity index is 271. The molecule has 2 rings (SSSR count). The zero-order valence-corrected chi connectivity index (χ0v) is 12.3. The highest BCUT2D eigenvalue weighted by Crippen LogP contribution is 2.30. The lowest BCUT2D eigenvalue weighted by atomic mass is 9.81. The average molecular weight is 275 g/mol. The lowest BCUT2D eigenvalue weighted by Crippen LogP contribution is -2.57. The van der Waals surface area contributed by atoms with Gasteiger partial charge in [-0.1, -0.05) is 38.5 Å². The fourth-order valence-electron chi connectivity index (χ4n) is 3.38. The van der Waals surface area contributed by atoms with E-state index in [2.05, 4.69) is 0 Å². The highest BCUT2D eigenvalue weighted by atomic mass is 35.5. The first-order chi connectivity index (χ1) is 8.13. The number of likely N-dealkylation sites (N-methyl/N-ethyl adjacent to an activating group) is 1. The summed E-state index contributed by atoms with van der Waals surface area (Å²) in [5.74, 6) is 0.198. The van der Waals surface area contributed by atoms with Gasteiger partial charge >= 0.3 is 0 Å². The first-order valence-electron chi connectivity index (χ1n) is 7.20. The minimum absolute atomic E-state index is 0. The van der Waals surface area contributed by atoms with Crippen LogP contribution in [0, 0.1) is 0 Å². The molecule has 0 radical (unpaired) electrons. The van der Waals surface area contributed by atoms with Gasteiger partial charge in [-0.2, -0.15) is 0 Å². The van der Waals surface area contributed by atoms with E-state index in [4.69, 9.17) is 5.73 Å². The second-order valence-corrected chi connectivity index (χ2v) is 5.92. The maximum atomic E-state index is 12.5. The van der Waals surface area contributed by atoms with E-state index in [1.807, 2.05) is 11.9 Å². The van der Waals surface area contributed by atoms with Gasteiger partial charge < -0.3 is 10.6 Å². The van der Waals surface area contributed by atoms with Gasteiger partial charge in [-0.25, -0.2) is 0 Å². The molecule has 0 aromatic carbocycles. The van der Waals surface area contributed by atoms with Crippen LogP contribution in [0.4, 0.5) is 0 Å². The molecule has 0 atom stereocenters. The third-order valence-corrected chi connectivity index (χ3v) is 4.61. The Labute approximate surface area is 117 Å². The average Bonchev–Trinajstić information content (AvgIpc) is 2.39. The van der Waals surface area contributed by atoms with Crippen molar-refractivity contribution in [3.8, 4) is 0 Å². The van der Waals surface area contributed by atoms with E-state index >= 15 is 0 Å². The normalized spacial score (nSPS) is 24.1. The molecule has 18 heavy (non-hydrogen) atoms. The molecular weight excluding hydrogens is 248 g/mol. The van der Waals surface area contributed by atoms with Crippen molar-refractivity contribution >= 4 is 18.3 Å².